The molecule has 3 aliphatic rings. The molecule has 1 nitrogen and oxygen atoms in total. The van der Waals surface area contributed by atoms with Crippen LogP contribution in [0.25, 0.3) is 0 Å². The van der Waals surface area contributed by atoms with E-state index in [1.54, 1.807) is 0 Å². The van der Waals surface area contributed by atoms with Crippen molar-refractivity contribution in [2.24, 2.45) is 11.8 Å². The molecule has 0 amide bonds. The maximum Gasteiger partial charge on any atom is 0.0727 e. The van der Waals surface area contributed by atoms with Crippen LogP contribution in [0.2, 0.25) is 0 Å². The topological polar surface area (TPSA) is 9.23 Å². The summed E-state index contributed by atoms with van der Waals surface area (Å²) in [6.45, 7) is 2.31. The van der Waals surface area contributed by atoms with Gasteiger partial charge in [0.2, 0.25) is 0 Å². The van der Waals surface area contributed by atoms with Gasteiger partial charge in [0.25, 0.3) is 0 Å². The van der Waals surface area contributed by atoms with Gasteiger partial charge in [-0.15, -0.1) is 0 Å². The fourth-order valence-electron chi connectivity index (χ4n) is 3.44. The Balaban J connectivity index is 0.000000853. The summed E-state index contributed by atoms with van der Waals surface area (Å²) in [6, 6.07) is 0. The molecule has 2 aliphatic carbocycles. The number of ether oxygens (including phenoxy) is 1. The summed E-state index contributed by atoms with van der Waals surface area (Å²) < 4.78 is 6.25. The monoisotopic (exact) mass is 279 g/mol. The van der Waals surface area contributed by atoms with E-state index in [0.29, 0.717) is 6.10 Å². The Bertz CT molecular complexity index is 297. The second-order valence-corrected chi connectivity index (χ2v) is 5.09. The van der Waals surface area contributed by atoms with Crippen molar-refractivity contribution in [3.05, 3.63) is 24.3 Å². The van der Waals surface area contributed by atoms with E-state index in [4.69, 9.17) is 4.74 Å². The molecular formula is C13H18OY. The molecule has 1 heterocycles. The molecule has 0 aromatic rings. The average Bonchev–Trinajstić information content (AvgIpc) is 2.49. The Hall–Kier alpha value is 0.544. The van der Waals surface area contributed by atoms with Crippen LogP contribution < -0.4 is 0 Å². The third-order valence-corrected chi connectivity index (χ3v) is 4.22. The molecule has 3 rings (SSSR count). The van der Waals surface area contributed by atoms with Gasteiger partial charge in [0.15, 0.2) is 0 Å². The zero-order chi connectivity index (χ0) is 9.60. The molecule has 0 aromatic heterocycles. The zero-order valence-electron chi connectivity index (χ0n) is 9.36. The molecule has 4 atom stereocenters. The van der Waals surface area contributed by atoms with Crippen LogP contribution in [0.3, 0.4) is 0 Å². The normalized spacial score (nSPS) is 46.9. The van der Waals surface area contributed by atoms with Gasteiger partial charge in [0, 0.05) is 32.7 Å². The molecule has 0 aromatic carbocycles. The van der Waals surface area contributed by atoms with E-state index in [0.717, 1.165) is 24.7 Å². The Morgan fingerprint density at radius 2 is 1.80 bits per heavy atom. The van der Waals surface area contributed by atoms with Crippen molar-refractivity contribution >= 4 is 0 Å². The summed E-state index contributed by atoms with van der Waals surface area (Å²) in [4.78, 5) is 0. The molecule has 0 spiro atoms. The first-order valence-electron chi connectivity index (χ1n) is 5.77. The molecule has 0 saturated carbocycles. The van der Waals surface area contributed by atoms with E-state index in [-0.39, 0.29) is 38.3 Å². The number of rotatable bonds is 0. The van der Waals surface area contributed by atoms with Gasteiger partial charge in [-0.2, -0.15) is 0 Å². The summed E-state index contributed by atoms with van der Waals surface area (Å²) >= 11 is 0. The quantitative estimate of drug-likeness (QED) is 0.619. The van der Waals surface area contributed by atoms with Crippen LogP contribution in [0.15, 0.2) is 24.3 Å². The molecule has 1 aliphatic heterocycles. The minimum Gasteiger partial charge on any atom is -0.371 e. The van der Waals surface area contributed by atoms with Crippen molar-refractivity contribution in [2.45, 2.75) is 44.3 Å². The van der Waals surface area contributed by atoms with E-state index in [1.165, 1.54) is 12.8 Å². The predicted molar refractivity (Wildman–Crippen MR) is 57.0 cm³/mol. The van der Waals surface area contributed by atoms with Crippen molar-refractivity contribution in [1.82, 2.24) is 0 Å². The van der Waals surface area contributed by atoms with Crippen LogP contribution in [0.5, 0.6) is 0 Å². The van der Waals surface area contributed by atoms with E-state index < -0.39 is 0 Å². The number of hydrogen-bond donors (Lipinski definition) is 0. The molecule has 1 fully saturated rings. The summed E-state index contributed by atoms with van der Waals surface area (Å²) in [7, 11) is 0. The van der Waals surface area contributed by atoms with Crippen LogP contribution in [-0.4, -0.2) is 11.7 Å². The third-order valence-electron chi connectivity index (χ3n) is 4.22. The third kappa shape index (κ3) is 1.92. The fraction of sp³-hybridized carbons (Fsp3) is 0.692. The number of fused-ring (bicyclic) bond motifs is 3. The van der Waals surface area contributed by atoms with E-state index in [2.05, 4.69) is 31.2 Å². The number of allylic oxidation sites excluding steroid dienone is 2. The first-order chi connectivity index (χ1) is 6.80. The van der Waals surface area contributed by atoms with Gasteiger partial charge in [0.05, 0.1) is 11.7 Å². The second-order valence-electron chi connectivity index (χ2n) is 5.09. The number of hydrogen-bond acceptors (Lipinski definition) is 1. The Morgan fingerprint density at radius 3 is 2.67 bits per heavy atom. The predicted octanol–water partition coefficient (Wildman–Crippen LogP) is 3.07. The maximum atomic E-state index is 6.25. The standard InChI is InChI=1S/C13H18O.Y/c1-13-9-5-4-7-11(13)10-6-2-3-8-12(10)14-13;/h2-5,10-12H,6-9H2,1H3;. The Morgan fingerprint density at radius 1 is 1.07 bits per heavy atom. The fourth-order valence-corrected chi connectivity index (χ4v) is 3.44. The van der Waals surface area contributed by atoms with Crippen LogP contribution in [-0.2, 0) is 37.4 Å². The first kappa shape index (κ1) is 12.0. The van der Waals surface area contributed by atoms with Crippen LogP contribution in [0.1, 0.15) is 32.6 Å². The largest absolute Gasteiger partial charge is 0.371 e. The van der Waals surface area contributed by atoms with E-state index in [1.807, 2.05) is 0 Å². The van der Waals surface area contributed by atoms with Gasteiger partial charge in [-0.1, -0.05) is 24.3 Å². The van der Waals surface area contributed by atoms with Gasteiger partial charge < -0.3 is 4.74 Å². The first-order valence-corrected chi connectivity index (χ1v) is 5.77. The molecule has 15 heavy (non-hydrogen) atoms. The molecule has 79 valence electrons. The van der Waals surface area contributed by atoms with Crippen LogP contribution in [0, 0.1) is 11.8 Å². The van der Waals surface area contributed by atoms with Gasteiger partial charge >= 0.3 is 0 Å². The zero-order valence-corrected chi connectivity index (χ0v) is 12.2. The van der Waals surface area contributed by atoms with Gasteiger partial charge in [-0.25, -0.2) is 0 Å². The second kappa shape index (κ2) is 4.43. The SMILES string of the molecule is CC12CC=CCC1C1CC=CCC1O2.[Y]. The van der Waals surface area contributed by atoms with Gasteiger partial charge in [-0.3, -0.25) is 0 Å². The minimum absolute atomic E-state index is 0. The minimum atomic E-state index is 0. The Labute approximate surface area is 117 Å². The van der Waals surface area contributed by atoms with Crippen molar-refractivity contribution in [2.75, 3.05) is 0 Å². The van der Waals surface area contributed by atoms with E-state index in [9.17, 15) is 0 Å². The molecule has 1 saturated heterocycles. The molecule has 0 bridgehead atoms. The van der Waals surface area contributed by atoms with Gasteiger partial charge in [0.1, 0.15) is 0 Å². The molecule has 4 unspecified atom stereocenters. The molecule has 0 N–H and O–H groups in total. The Kier molecular flexibility index (Phi) is 3.55. The van der Waals surface area contributed by atoms with Crippen molar-refractivity contribution in [1.29, 1.82) is 0 Å². The molecule has 1 radical (unpaired) electrons. The maximum absolute atomic E-state index is 6.25. The summed E-state index contributed by atoms with van der Waals surface area (Å²) in [5.74, 6) is 1.55. The molecular weight excluding hydrogens is 261 g/mol. The van der Waals surface area contributed by atoms with Crippen LogP contribution in [0.4, 0.5) is 0 Å². The van der Waals surface area contributed by atoms with Crippen LogP contribution >= 0.6 is 0 Å². The van der Waals surface area contributed by atoms with Gasteiger partial charge in [-0.05, 0) is 44.4 Å². The van der Waals surface area contributed by atoms with Crippen molar-refractivity contribution in [3.63, 3.8) is 0 Å². The average molecular weight is 279 g/mol. The summed E-state index contributed by atoms with van der Waals surface area (Å²) in [5.41, 5.74) is 0.149. The van der Waals surface area contributed by atoms with Crippen molar-refractivity contribution in [3.8, 4) is 0 Å². The smallest absolute Gasteiger partial charge is 0.0727 e. The summed E-state index contributed by atoms with van der Waals surface area (Å²) in [5, 5.41) is 0. The molecule has 2 heteroatoms. The summed E-state index contributed by atoms with van der Waals surface area (Å²) in [6.07, 6.45) is 14.5. The van der Waals surface area contributed by atoms with Crippen molar-refractivity contribution < 1.29 is 37.4 Å². The van der Waals surface area contributed by atoms with E-state index >= 15 is 0 Å².